The number of aryl methyl sites for hydroxylation is 1. The van der Waals surface area contributed by atoms with Crippen LogP contribution in [-0.2, 0) is 16.0 Å². The van der Waals surface area contributed by atoms with Gasteiger partial charge in [-0.15, -0.1) is 0 Å². The molecule has 6 nitrogen and oxygen atoms in total. The zero-order valence-corrected chi connectivity index (χ0v) is 16.7. The molecule has 0 radical (unpaired) electrons. The number of nitrogens with one attached hydrogen (secondary N) is 1. The summed E-state index contributed by atoms with van der Waals surface area (Å²) in [6.07, 6.45) is 5.43. The molecule has 1 aliphatic carbocycles. The van der Waals surface area contributed by atoms with Crippen molar-refractivity contribution in [2.45, 2.75) is 38.1 Å². The van der Waals surface area contributed by atoms with Crippen LogP contribution >= 0.6 is 0 Å². The molecular formula is C23H28N4O2. The van der Waals surface area contributed by atoms with Crippen molar-refractivity contribution >= 4 is 17.6 Å². The quantitative estimate of drug-likeness (QED) is 0.850. The second kappa shape index (κ2) is 9.07. The number of piperazine rings is 1. The third-order valence-electron chi connectivity index (χ3n) is 5.88. The Morgan fingerprint density at radius 1 is 1.00 bits per heavy atom. The molecule has 0 unspecified atom stereocenters. The van der Waals surface area contributed by atoms with Crippen LogP contribution in [0.25, 0.3) is 0 Å². The van der Waals surface area contributed by atoms with Crippen molar-refractivity contribution in [3.8, 4) is 0 Å². The van der Waals surface area contributed by atoms with Crippen molar-refractivity contribution in [1.29, 1.82) is 0 Å². The van der Waals surface area contributed by atoms with Gasteiger partial charge >= 0.3 is 0 Å². The second-order valence-corrected chi connectivity index (χ2v) is 7.77. The van der Waals surface area contributed by atoms with E-state index in [0.29, 0.717) is 13.1 Å². The fraction of sp³-hybridized carbons (Fsp3) is 0.435. The molecule has 2 amide bonds. The zero-order valence-electron chi connectivity index (χ0n) is 16.7. The minimum absolute atomic E-state index is 0.0350. The predicted molar refractivity (Wildman–Crippen MR) is 113 cm³/mol. The SMILES string of the molecule is O=C(CCC(=O)N1CCN(c2ccccn2)CC1)N[C@@H]1CCCc2ccccc21. The molecule has 0 bridgehead atoms. The Kier molecular flexibility index (Phi) is 6.08. The number of nitrogens with zero attached hydrogens (tertiary/aromatic N) is 3. The van der Waals surface area contributed by atoms with E-state index in [2.05, 4.69) is 33.4 Å². The lowest BCUT2D eigenvalue weighted by atomic mass is 9.87. The van der Waals surface area contributed by atoms with Crippen LogP contribution in [0.5, 0.6) is 0 Å². The number of hydrogen-bond donors (Lipinski definition) is 1. The summed E-state index contributed by atoms with van der Waals surface area (Å²) in [5.74, 6) is 0.976. The summed E-state index contributed by atoms with van der Waals surface area (Å²) in [5, 5.41) is 3.14. The van der Waals surface area contributed by atoms with Crippen molar-refractivity contribution in [1.82, 2.24) is 15.2 Å². The summed E-state index contributed by atoms with van der Waals surface area (Å²) >= 11 is 0. The third kappa shape index (κ3) is 4.75. The topological polar surface area (TPSA) is 65.5 Å². The highest BCUT2D eigenvalue weighted by atomic mass is 16.2. The van der Waals surface area contributed by atoms with E-state index < -0.39 is 0 Å². The number of rotatable bonds is 5. The monoisotopic (exact) mass is 392 g/mol. The highest BCUT2D eigenvalue weighted by Crippen LogP contribution is 2.29. The van der Waals surface area contributed by atoms with Crippen molar-refractivity contribution in [2.24, 2.45) is 0 Å². The van der Waals surface area contributed by atoms with Gasteiger partial charge in [0.2, 0.25) is 11.8 Å². The van der Waals surface area contributed by atoms with Crippen LogP contribution in [0.4, 0.5) is 5.82 Å². The molecule has 1 N–H and O–H groups in total. The molecule has 0 saturated carbocycles. The van der Waals surface area contributed by atoms with Crippen molar-refractivity contribution in [3.63, 3.8) is 0 Å². The predicted octanol–water partition coefficient (Wildman–Crippen LogP) is 2.70. The number of benzene rings is 1. The fourth-order valence-electron chi connectivity index (χ4n) is 4.27. The maximum absolute atomic E-state index is 12.5. The normalized spacial score (nSPS) is 18.8. The van der Waals surface area contributed by atoms with E-state index in [0.717, 1.165) is 38.2 Å². The van der Waals surface area contributed by atoms with E-state index in [9.17, 15) is 9.59 Å². The van der Waals surface area contributed by atoms with Gasteiger partial charge in [0.1, 0.15) is 5.82 Å². The Balaban J connectivity index is 1.23. The number of hydrogen-bond acceptors (Lipinski definition) is 4. The number of pyridine rings is 1. The molecule has 4 rings (SSSR count). The Labute approximate surface area is 171 Å². The first-order valence-electron chi connectivity index (χ1n) is 10.5. The number of fused-ring (bicyclic) bond motifs is 1. The van der Waals surface area contributed by atoms with Gasteiger partial charge in [-0.1, -0.05) is 30.3 Å². The van der Waals surface area contributed by atoms with E-state index in [1.54, 1.807) is 6.20 Å². The second-order valence-electron chi connectivity index (χ2n) is 7.77. The molecule has 1 saturated heterocycles. The van der Waals surface area contributed by atoms with Gasteiger partial charge in [0, 0.05) is 45.2 Å². The molecule has 1 aliphatic heterocycles. The lowest BCUT2D eigenvalue weighted by Gasteiger charge is -2.35. The van der Waals surface area contributed by atoms with Crippen LogP contribution in [0.1, 0.15) is 42.9 Å². The Hall–Kier alpha value is -2.89. The van der Waals surface area contributed by atoms with E-state index in [-0.39, 0.29) is 30.7 Å². The highest BCUT2D eigenvalue weighted by molar-refractivity contribution is 5.84. The van der Waals surface area contributed by atoms with Gasteiger partial charge in [-0.25, -0.2) is 4.98 Å². The Bertz CT molecular complexity index is 847. The number of carbonyl (C=O) groups excluding carboxylic acids is 2. The van der Waals surface area contributed by atoms with Gasteiger partial charge in [0.05, 0.1) is 6.04 Å². The van der Waals surface area contributed by atoms with Crippen molar-refractivity contribution < 1.29 is 9.59 Å². The molecule has 1 atom stereocenters. The van der Waals surface area contributed by atoms with E-state index in [4.69, 9.17) is 0 Å². The lowest BCUT2D eigenvalue weighted by Crippen LogP contribution is -2.49. The summed E-state index contributed by atoms with van der Waals surface area (Å²) in [7, 11) is 0. The molecule has 1 aromatic heterocycles. The van der Waals surface area contributed by atoms with Crippen LogP contribution in [-0.4, -0.2) is 47.9 Å². The molecule has 29 heavy (non-hydrogen) atoms. The van der Waals surface area contributed by atoms with Crippen LogP contribution in [0.2, 0.25) is 0 Å². The summed E-state index contributed by atoms with van der Waals surface area (Å²) in [4.78, 5) is 33.4. The summed E-state index contributed by atoms with van der Waals surface area (Å²) < 4.78 is 0. The molecule has 152 valence electrons. The largest absolute Gasteiger partial charge is 0.353 e. The van der Waals surface area contributed by atoms with E-state index in [1.807, 2.05) is 29.2 Å². The molecule has 0 spiro atoms. The molecule has 1 fully saturated rings. The number of anilines is 1. The minimum atomic E-state index is -0.0350. The van der Waals surface area contributed by atoms with Crippen LogP contribution in [0.15, 0.2) is 48.7 Å². The lowest BCUT2D eigenvalue weighted by molar-refractivity contribution is -0.134. The zero-order chi connectivity index (χ0) is 20.1. The molecular weight excluding hydrogens is 364 g/mol. The average Bonchev–Trinajstić information content (AvgIpc) is 2.78. The molecule has 6 heteroatoms. The van der Waals surface area contributed by atoms with Crippen LogP contribution in [0, 0.1) is 0 Å². The van der Waals surface area contributed by atoms with Crippen LogP contribution in [0.3, 0.4) is 0 Å². The Morgan fingerprint density at radius 3 is 2.59 bits per heavy atom. The Morgan fingerprint density at radius 2 is 1.79 bits per heavy atom. The van der Waals surface area contributed by atoms with Gasteiger partial charge in [-0.3, -0.25) is 9.59 Å². The van der Waals surface area contributed by atoms with Gasteiger partial charge in [0.15, 0.2) is 0 Å². The van der Waals surface area contributed by atoms with E-state index >= 15 is 0 Å². The van der Waals surface area contributed by atoms with E-state index in [1.165, 1.54) is 11.1 Å². The summed E-state index contributed by atoms with van der Waals surface area (Å²) in [6, 6.07) is 14.3. The summed E-state index contributed by atoms with van der Waals surface area (Å²) in [6.45, 7) is 2.89. The average molecular weight is 393 g/mol. The fourth-order valence-corrected chi connectivity index (χ4v) is 4.27. The molecule has 1 aromatic carbocycles. The van der Waals surface area contributed by atoms with Gasteiger partial charge < -0.3 is 15.1 Å². The molecule has 2 aliphatic rings. The van der Waals surface area contributed by atoms with Crippen molar-refractivity contribution in [3.05, 3.63) is 59.8 Å². The van der Waals surface area contributed by atoms with Crippen LogP contribution < -0.4 is 10.2 Å². The first-order valence-corrected chi connectivity index (χ1v) is 10.5. The van der Waals surface area contributed by atoms with Gasteiger partial charge in [-0.2, -0.15) is 0 Å². The number of carbonyl (C=O) groups is 2. The maximum Gasteiger partial charge on any atom is 0.223 e. The van der Waals surface area contributed by atoms with Gasteiger partial charge in [-0.05, 0) is 42.5 Å². The highest BCUT2D eigenvalue weighted by Gasteiger charge is 2.24. The standard InChI is InChI=1S/C23H28N4O2/c28-22(25-20-9-5-7-18-6-1-2-8-19(18)20)11-12-23(29)27-16-14-26(15-17-27)21-10-3-4-13-24-21/h1-4,6,8,10,13,20H,5,7,9,11-12,14-17H2,(H,25,28)/t20-/m1/s1. The first kappa shape index (κ1) is 19.4. The third-order valence-corrected chi connectivity index (χ3v) is 5.88. The minimum Gasteiger partial charge on any atom is -0.353 e. The van der Waals surface area contributed by atoms with Crippen molar-refractivity contribution in [2.75, 3.05) is 31.1 Å². The number of aromatic nitrogens is 1. The molecule has 2 heterocycles. The molecule has 2 aromatic rings. The van der Waals surface area contributed by atoms with Gasteiger partial charge in [0.25, 0.3) is 0 Å². The number of amides is 2. The summed E-state index contributed by atoms with van der Waals surface area (Å²) in [5.41, 5.74) is 2.55. The smallest absolute Gasteiger partial charge is 0.223 e. The first-order chi connectivity index (χ1) is 14.2. The maximum atomic E-state index is 12.5.